The van der Waals surface area contributed by atoms with E-state index < -0.39 is 11.4 Å². The van der Waals surface area contributed by atoms with Gasteiger partial charge in [-0.3, -0.25) is 4.79 Å². The zero-order chi connectivity index (χ0) is 13.9. The van der Waals surface area contributed by atoms with Gasteiger partial charge in [0.05, 0.1) is 5.41 Å². The summed E-state index contributed by atoms with van der Waals surface area (Å²) in [6.07, 6.45) is 9.50. The number of hydrogen-bond acceptors (Lipinski definition) is 2. The maximum absolute atomic E-state index is 11.5. The van der Waals surface area contributed by atoms with Crippen molar-refractivity contribution in [3.05, 3.63) is 0 Å². The maximum Gasteiger partial charge on any atom is 0.310 e. The van der Waals surface area contributed by atoms with Crippen LogP contribution in [0.2, 0.25) is 0 Å². The van der Waals surface area contributed by atoms with Gasteiger partial charge in [0.25, 0.3) is 0 Å². The first-order chi connectivity index (χ1) is 9.11. The minimum atomic E-state index is -0.639. The second-order valence-corrected chi connectivity index (χ2v) is 6.63. The summed E-state index contributed by atoms with van der Waals surface area (Å²) in [5, 5.41) is 13.0. The predicted octanol–water partition coefficient (Wildman–Crippen LogP) is 3.44. The van der Waals surface area contributed by atoms with Gasteiger partial charge in [0, 0.05) is 12.6 Å². The van der Waals surface area contributed by atoms with Gasteiger partial charge >= 0.3 is 5.97 Å². The normalized spacial score (nSPS) is 28.3. The van der Waals surface area contributed by atoms with E-state index in [0.29, 0.717) is 25.4 Å². The molecular formula is C16H29NO2. The lowest BCUT2D eigenvalue weighted by molar-refractivity contribution is -0.149. The van der Waals surface area contributed by atoms with Crippen molar-refractivity contribution < 1.29 is 9.90 Å². The molecule has 3 heteroatoms. The Morgan fingerprint density at radius 2 is 1.84 bits per heavy atom. The summed E-state index contributed by atoms with van der Waals surface area (Å²) in [5.41, 5.74) is -0.563. The topological polar surface area (TPSA) is 49.3 Å². The molecule has 2 saturated carbocycles. The number of rotatable bonds is 7. The van der Waals surface area contributed by atoms with Gasteiger partial charge in [0.1, 0.15) is 0 Å². The van der Waals surface area contributed by atoms with Crippen molar-refractivity contribution >= 4 is 5.97 Å². The third kappa shape index (κ3) is 3.50. The fraction of sp³-hybridized carbons (Fsp3) is 0.938. The highest BCUT2D eigenvalue weighted by molar-refractivity contribution is 5.74. The van der Waals surface area contributed by atoms with E-state index in [1.54, 1.807) is 0 Å². The Morgan fingerprint density at radius 3 is 2.37 bits per heavy atom. The highest BCUT2D eigenvalue weighted by atomic mass is 16.4. The van der Waals surface area contributed by atoms with Gasteiger partial charge < -0.3 is 10.4 Å². The molecule has 0 aromatic rings. The summed E-state index contributed by atoms with van der Waals surface area (Å²) in [4.78, 5) is 11.5. The van der Waals surface area contributed by atoms with Crippen LogP contribution < -0.4 is 5.32 Å². The van der Waals surface area contributed by atoms with E-state index in [1.807, 2.05) is 13.8 Å². The van der Waals surface area contributed by atoms with E-state index in [-0.39, 0.29) is 0 Å². The van der Waals surface area contributed by atoms with Crippen molar-refractivity contribution in [3.8, 4) is 0 Å². The molecule has 2 atom stereocenters. The van der Waals surface area contributed by atoms with E-state index in [2.05, 4.69) is 5.32 Å². The van der Waals surface area contributed by atoms with Gasteiger partial charge in [-0.1, -0.05) is 26.7 Å². The number of hydrogen-bond donors (Lipinski definition) is 2. The van der Waals surface area contributed by atoms with Crippen LogP contribution in [0.5, 0.6) is 0 Å². The minimum absolute atomic E-state index is 0.552. The molecule has 3 nitrogen and oxygen atoms in total. The van der Waals surface area contributed by atoms with Gasteiger partial charge in [0.15, 0.2) is 0 Å². The van der Waals surface area contributed by atoms with Crippen LogP contribution in [0.1, 0.15) is 65.2 Å². The summed E-state index contributed by atoms with van der Waals surface area (Å²) in [6, 6.07) is 0.552. The van der Waals surface area contributed by atoms with Crippen molar-refractivity contribution in [2.75, 3.05) is 6.54 Å². The molecule has 2 N–H and O–H groups in total. The smallest absolute Gasteiger partial charge is 0.310 e. The van der Waals surface area contributed by atoms with Crippen LogP contribution >= 0.6 is 0 Å². The summed E-state index contributed by atoms with van der Waals surface area (Å²) in [5.74, 6) is 1.26. The predicted molar refractivity (Wildman–Crippen MR) is 77.1 cm³/mol. The number of carboxylic acid groups (broad SMARTS) is 1. The molecule has 0 saturated heterocycles. The molecule has 19 heavy (non-hydrogen) atoms. The Bertz CT molecular complexity index is 308. The molecule has 2 unspecified atom stereocenters. The number of nitrogens with one attached hydrogen (secondary N) is 1. The zero-order valence-corrected chi connectivity index (χ0v) is 12.5. The number of aliphatic carboxylic acids is 1. The molecule has 110 valence electrons. The maximum atomic E-state index is 11.5. The quantitative estimate of drug-likeness (QED) is 0.743. The lowest BCUT2D eigenvalue weighted by Gasteiger charge is -2.34. The van der Waals surface area contributed by atoms with Crippen LogP contribution in [0, 0.1) is 17.3 Å². The summed E-state index contributed by atoms with van der Waals surface area (Å²) >= 11 is 0. The molecule has 0 aliphatic heterocycles. The Balaban J connectivity index is 1.84. The molecule has 2 fully saturated rings. The van der Waals surface area contributed by atoms with Crippen LogP contribution in [0.4, 0.5) is 0 Å². The van der Waals surface area contributed by atoms with Crippen LogP contribution in [0.3, 0.4) is 0 Å². The summed E-state index contributed by atoms with van der Waals surface area (Å²) in [6.45, 7) is 4.62. The van der Waals surface area contributed by atoms with E-state index in [4.69, 9.17) is 0 Å². The van der Waals surface area contributed by atoms with Gasteiger partial charge in [-0.15, -0.1) is 0 Å². The summed E-state index contributed by atoms with van der Waals surface area (Å²) < 4.78 is 0. The molecule has 0 heterocycles. The van der Waals surface area contributed by atoms with E-state index >= 15 is 0 Å². The van der Waals surface area contributed by atoms with Crippen LogP contribution in [0.25, 0.3) is 0 Å². The molecule has 0 spiro atoms. The third-order valence-electron chi connectivity index (χ3n) is 5.54. The first kappa shape index (κ1) is 14.8. The Morgan fingerprint density at radius 1 is 1.16 bits per heavy atom. The number of carboxylic acids is 1. The Kier molecular flexibility index (Phi) is 4.88. The van der Waals surface area contributed by atoms with E-state index in [0.717, 1.165) is 11.8 Å². The molecule has 2 rings (SSSR count). The van der Waals surface area contributed by atoms with E-state index in [9.17, 15) is 9.90 Å². The van der Waals surface area contributed by atoms with Gasteiger partial charge in [-0.05, 0) is 50.4 Å². The molecule has 0 radical (unpaired) electrons. The van der Waals surface area contributed by atoms with Gasteiger partial charge in [-0.25, -0.2) is 0 Å². The van der Waals surface area contributed by atoms with Crippen molar-refractivity contribution in [1.29, 1.82) is 0 Å². The second kappa shape index (κ2) is 6.25. The molecule has 2 aliphatic carbocycles. The standard InChI is InChI=1S/C16H29NO2/c1-3-16(4-2,15(18)19)11-17-14-7-5-6-13(10-14)12-8-9-12/h12-14,17H,3-11H2,1-2H3,(H,18,19). The average molecular weight is 267 g/mol. The van der Waals surface area contributed by atoms with Crippen molar-refractivity contribution in [2.45, 2.75) is 71.3 Å². The van der Waals surface area contributed by atoms with Gasteiger partial charge in [-0.2, -0.15) is 0 Å². The van der Waals surface area contributed by atoms with Crippen molar-refractivity contribution in [3.63, 3.8) is 0 Å². The monoisotopic (exact) mass is 267 g/mol. The highest BCUT2D eigenvalue weighted by Gasteiger charge is 2.37. The zero-order valence-electron chi connectivity index (χ0n) is 12.5. The van der Waals surface area contributed by atoms with Crippen LogP contribution in [-0.2, 0) is 4.79 Å². The third-order valence-corrected chi connectivity index (χ3v) is 5.54. The fourth-order valence-corrected chi connectivity index (χ4v) is 3.63. The fourth-order valence-electron chi connectivity index (χ4n) is 3.63. The van der Waals surface area contributed by atoms with Crippen molar-refractivity contribution in [1.82, 2.24) is 5.32 Å². The first-order valence-electron chi connectivity index (χ1n) is 8.08. The van der Waals surface area contributed by atoms with Gasteiger partial charge in [0.2, 0.25) is 0 Å². The molecule has 0 aromatic heterocycles. The molecular weight excluding hydrogens is 238 g/mol. The van der Waals surface area contributed by atoms with Crippen LogP contribution in [0.15, 0.2) is 0 Å². The SMILES string of the molecule is CCC(CC)(CNC1CCCC(C2CC2)C1)C(=O)O. The second-order valence-electron chi connectivity index (χ2n) is 6.63. The van der Waals surface area contributed by atoms with E-state index in [1.165, 1.54) is 38.5 Å². The first-order valence-corrected chi connectivity index (χ1v) is 8.08. The Hall–Kier alpha value is -0.570. The molecule has 2 aliphatic rings. The molecule has 0 bridgehead atoms. The lowest BCUT2D eigenvalue weighted by Crippen LogP contribution is -2.45. The molecule has 0 amide bonds. The number of carbonyl (C=O) groups is 1. The highest BCUT2D eigenvalue weighted by Crippen LogP contribution is 2.44. The largest absolute Gasteiger partial charge is 0.481 e. The molecule has 0 aromatic carbocycles. The average Bonchev–Trinajstić information content (AvgIpc) is 3.25. The lowest BCUT2D eigenvalue weighted by atomic mass is 9.80. The summed E-state index contributed by atoms with van der Waals surface area (Å²) in [7, 11) is 0. The minimum Gasteiger partial charge on any atom is -0.481 e. The van der Waals surface area contributed by atoms with Crippen LogP contribution in [-0.4, -0.2) is 23.7 Å². The Labute approximate surface area is 117 Å². The van der Waals surface area contributed by atoms with Crippen molar-refractivity contribution in [2.24, 2.45) is 17.3 Å².